The summed E-state index contributed by atoms with van der Waals surface area (Å²) in [5, 5.41) is 10.2. The van der Waals surface area contributed by atoms with Crippen LogP contribution in [0.3, 0.4) is 0 Å². The summed E-state index contributed by atoms with van der Waals surface area (Å²) in [7, 11) is 0. The number of nitrogens with two attached hydrogens (primary N) is 2. The molecule has 0 aliphatic rings. The Balaban J connectivity index is 2.28. The molecule has 0 spiro atoms. The van der Waals surface area contributed by atoms with Crippen LogP contribution in [0.4, 0.5) is 11.8 Å². The Kier molecular flexibility index (Phi) is 2.32. The van der Waals surface area contributed by atoms with Crippen LogP contribution in [0.5, 0.6) is 0 Å². The summed E-state index contributed by atoms with van der Waals surface area (Å²) >= 11 is 0. The molecule has 6 nitrogen and oxygen atoms in total. The number of hydrogen-bond donors (Lipinski definition) is 3. The lowest BCUT2D eigenvalue weighted by molar-refractivity contribution is 1.18. The molecule has 0 saturated heterocycles. The maximum Gasteiger partial charge on any atom is 0.222 e. The van der Waals surface area contributed by atoms with Gasteiger partial charge in [0.1, 0.15) is 17.5 Å². The summed E-state index contributed by atoms with van der Waals surface area (Å²) in [5.41, 5.74) is 13.7. The first-order valence-corrected chi connectivity index (χ1v) is 5.59. The van der Waals surface area contributed by atoms with Crippen LogP contribution in [0.15, 0.2) is 30.5 Å². The molecule has 0 fully saturated rings. The fourth-order valence-electron chi connectivity index (χ4n) is 2.01. The van der Waals surface area contributed by atoms with Gasteiger partial charge in [-0.1, -0.05) is 12.1 Å². The quantitative estimate of drug-likeness (QED) is 0.607. The monoisotopic (exact) mass is 250 g/mol. The predicted octanol–water partition coefficient (Wildman–Crippen LogP) is 1.66. The zero-order valence-electron chi connectivity index (χ0n) is 9.88. The Labute approximate surface area is 108 Å². The Morgan fingerprint density at radius 3 is 2.79 bits per heavy atom. The van der Waals surface area contributed by atoms with Gasteiger partial charge in [-0.25, -0.2) is 4.98 Å². The Morgan fingerprint density at radius 2 is 2.00 bits per heavy atom. The number of aromatic amines is 1. The van der Waals surface area contributed by atoms with Gasteiger partial charge in [0.2, 0.25) is 5.95 Å². The van der Waals surface area contributed by atoms with Crippen molar-refractivity contribution in [1.82, 2.24) is 15.0 Å². The average Bonchev–Trinajstić information content (AvgIpc) is 2.85. The minimum atomic E-state index is 0.0538. The molecule has 0 aliphatic carbocycles. The van der Waals surface area contributed by atoms with Crippen molar-refractivity contribution in [3.63, 3.8) is 0 Å². The maximum absolute atomic E-state index is 9.17. The number of aromatic nitrogens is 3. The average molecular weight is 250 g/mol. The van der Waals surface area contributed by atoms with Crippen LogP contribution >= 0.6 is 0 Å². The first kappa shape index (κ1) is 11.0. The van der Waals surface area contributed by atoms with Gasteiger partial charge in [-0.2, -0.15) is 10.2 Å². The Bertz CT molecular complexity index is 812. The summed E-state index contributed by atoms with van der Waals surface area (Å²) in [5.74, 6) is 0.148. The number of H-pyrrole nitrogens is 1. The van der Waals surface area contributed by atoms with E-state index >= 15 is 0 Å². The fourth-order valence-corrected chi connectivity index (χ4v) is 2.01. The lowest BCUT2D eigenvalue weighted by Gasteiger charge is -2.06. The van der Waals surface area contributed by atoms with E-state index in [1.165, 1.54) is 0 Å². The molecule has 3 aromatic rings. The molecule has 0 aliphatic heterocycles. The van der Waals surface area contributed by atoms with Crippen LogP contribution in [0.2, 0.25) is 0 Å². The molecule has 5 N–H and O–H groups in total. The summed E-state index contributed by atoms with van der Waals surface area (Å²) in [6, 6.07) is 9.70. The van der Waals surface area contributed by atoms with Gasteiger partial charge in [0.15, 0.2) is 0 Å². The van der Waals surface area contributed by atoms with E-state index in [-0.39, 0.29) is 17.3 Å². The molecule has 0 amide bonds. The Morgan fingerprint density at radius 1 is 1.16 bits per heavy atom. The van der Waals surface area contributed by atoms with Crippen molar-refractivity contribution < 1.29 is 0 Å². The SMILES string of the molecule is N#Cc1c(N)nc(N)nc1-c1ccc2cc[nH]c2c1. The van der Waals surface area contributed by atoms with Gasteiger partial charge >= 0.3 is 0 Å². The van der Waals surface area contributed by atoms with Gasteiger partial charge in [-0.15, -0.1) is 0 Å². The maximum atomic E-state index is 9.17. The normalized spacial score (nSPS) is 10.5. The molecule has 6 heteroatoms. The molecule has 2 aromatic heterocycles. The number of anilines is 2. The van der Waals surface area contributed by atoms with E-state index in [0.29, 0.717) is 5.69 Å². The minimum absolute atomic E-state index is 0.0538. The summed E-state index contributed by atoms with van der Waals surface area (Å²) < 4.78 is 0. The highest BCUT2D eigenvalue weighted by molar-refractivity contribution is 5.86. The van der Waals surface area contributed by atoms with Gasteiger partial charge in [0.25, 0.3) is 0 Å². The molecule has 1 aromatic carbocycles. The van der Waals surface area contributed by atoms with Crippen LogP contribution in [0.25, 0.3) is 22.2 Å². The Hall–Kier alpha value is -3.07. The highest BCUT2D eigenvalue weighted by atomic mass is 15.0. The van der Waals surface area contributed by atoms with Gasteiger partial charge < -0.3 is 16.5 Å². The molecule has 0 radical (unpaired) electrons. The predicted molar refractivity (Wildman–Crippen MR) is 72.9 cm³/mol. The van der Waals surface area contributed by atoms with Gasteiger partial charge in [-0.05, 0) is 17.5 Å². The summed E-state index contributed by atoms with van der Waals surface area (Å²) in [6.07, 6.45) is 1.85. The first-order chi connectivity index (χ1) is 9.19. The highest BCUT2D eigenvalue weighted by Gasteiger charge is 2.13. The zero-order chi connectivity index (χ0) is 13.4. The van der Waals surface area contributed by atoms with Gasteiger partial charge in [-0.3, -0.25) is 0 Å². The summed E-state index contributed by atoms with van der Waals surface area (Å²) in [4.78, 5) is 11.0. The van der Waals surface area contributed by atoms with Crippen LogP contribution in [0, 0.1) is 11.3 Å². The fraction of sp³-hybridized carbons (Fsp3) is 0. The number of fused-ring (bicyclic) bond motifs is 1. The van der Waals surface area contributed by atoms with Crippen molar-refractivity contribution >= 4 is 22.7 Å². The van der Waals surface area contributed by atoms with Crippen molar-refractivity contribution in [2.45, 2.75) is 0 Å². The van der Waals surface area contributed by atoms with Crippen LogP contribution in [-0.4, -0.2) is 15.0 Å². The molecule has 3 rings (SSSR count). The topological polar surface area (TPSA) is 117 Å². The van der Waals surface area contributed by atoms with E-state index in [1.54, 1.807) is 0 Å². The van der Waals surface area contributed by atoms with Crippen molar-refractivity contribution in [2.75, 3.05) is 11.5 Å². The van der Waals surface area contributed by atoms with E-state index < -0.39 is 0 Å². The summed E-state index contributed by atoms with van der Waals surface area (Å²) in [6.45, 7) is 0. The molecular weight excluding hydrogens is 240 g/mol. The third-order valence-electron chi connectivity index (χ3n) is 2.89. The third kappa shape index (κ3) is 1.73. The molecule has 92 valence electrons. The second kappa shape index (κ2) is 3.99. The molecular formula is C13H10N6. The molecule has 0 saturated carbocycles. The van der Waals surface area contributed by atoms with E-state index in [0.717, 1.165) is 16.5 Å². The molecule has 0 bridgehead atoms. The van der Waals surface area contributed by atoms with Crippen LogP contribution in [0.1, 0.15) is 5.56 Å². The van der Waals surface area contributed by atoms with Crippen molar-refractivity contribution in [1.29, 1.82) is 5.26 Å². The largest absolute Gasteiger partial charge is 0.382 e. The number of nitriles is 1. The number of hydrogen-bond acceptors (Lipinski definition) is 5. The molecule has 0 atom stereocenters. The lowest BCUT2D eigenvalue weighted by Crippen LogP contribution is -2.04. The standard InChI is InChI=1S/C13H10N6/c14-6-9-11(18-13(16)19-12(9)15)8-2-1-7-3-4-17-10(7)5-8/h1-5,17H,(H4,15,16,18,19). The van der Waals surface area contributed by atoms with Gasteiger partial charge in [0.05, 0.1) is 5.69 Å². The van der Waals surface area contributed by atoms with Crippen molar-refractivity contribution in [2.24, 2.45) is 0 Å². The van der Waals surface area contributed by atoms with E-state index in [2.05, 4.69) is 15.0 Å². The van der Waals surface area contributed by atoms with E-state index in [4.69, 9.17) is 16.7 Å². The second-order valence-corrected chi connectivity index (χ2v) is 4.08. The van der Waals surface area contributed by atoms with Gasteiger partial charge in [0, 0.05) is 17.3 Å². The van der Waals surface area contributed by atoms with Crippen LogP contribution < -0.4 is 11.5 Å². The highest BCUT2D eigenvalue weighted by Crippen LogP contribution is 2.27. The number of nitrogens with one attached hydrogen (secondary N) is 1. The minimum Gasteiger partial charge on any atom is -0.382 e. The molecule has 0 unspecified atom stereocenters. The van der Waals surface area contributed by atoms with Crippen molar-refractivity contribution in [3.05, 3.63) is 36.0 Å². The number of nitrogens with zero attached hydrogens (tertiary/aromatic N) is 3. The third-order valence-corrected chi connectivity index (χ3v) is 2.89. The zero-order valence-corrected chi connectivity index (χ0v) is 9.88. The van der Waals surface area contributed by atoms with E-state index in [1.807, 2.05) is 36.5 Å². The van der Waals surface area contributed by atoms with Crippen molar-refractivity contribution in [3.8, 4) is 17.3 Å². The molecule has 2 heterocycles. The number of rotatable bonds is 1. The smallest absolute Gasteiger partial charge is 0.222 e. The first-order valence-electron chi connectivity index (χ1n) is 5.59. The van der Waals surface area contributed by atoms with Crippen LogP contribution in [-0.2, 0) is 0 Å². The number of benzene rings is 1. The number of nitrogen functional groups attached to an aromatic ring is 2. The van der Waals surface area contributed by atoms with E-state index in [9.17, 15) is 0 Å². The second-order valence-electron chi connectivity index (χ2n) is 4.08. The molecule has 19 heavy (non-hydrogen) atoms. The lowest BCUT2D eigenvalue weighted by atomic mass is 10.1.